The first kappa shape index (κ1) is 12.3. The first-order valence-corrected chi connectivity index (χ1v) is 7.73. The van der Waals surface area contributed by atoms with Gasteiger partial charge in [-0.25, -0.2) is 4.98 Å². The zero-order valence-corrected chi connectivity index (χ0v) is 11.8. The van der Waals surface area contributed by atoms with Crippen molar-refractivity contribution in [2.45, 2.75) is 6.42 Å². The maximum absolute atomic E-state index is 12.0. The van der Waals surface area contributed by atoms with E-state index in [4.69, 9.17) is 0 Å². The zero-order valence-electron chi connectivity index (χ0n) is 10.1. The number of fused-ring (bicyclic) bond motifs is 1. The first-order valence-electron chi connectivity index (χ1n) is 5.97. The van der Waals surface area contributed by atoms with Gasteiger partial charge in [-0.05, 0) is 36.1 Å². The maximum atomic E-state index is 12.0. The number of amides is 1. The molecule has 0 aliphatic rings. The summed E-state index contributed by atoms with van der Waals surface area (Å²) in [6, 6.07) is 9.72. The Hall–Kier alpha value is -1.72. The number of carbonyl (C=O) groups excluding carboxylic acids is 1. The Bertz CT molecular complexity index is 688. The van der Waals surface area contributed by atoms with Gasteiger partial charge < -0.3 is 5.32 Å². The standard InChI is InChI=1S/C14H12N2OS2/c17-14(15-6-5-11-2-1-7-18-11)10-3-4-12-13(8-10)19-9-16-12/h1-4,7-9H,5-6H2,(H,15,17). The van der Waals surface area contributed by atoms with Crippen molar-refractivity contribution >= 4 is 38.8 Å². The normalized spacial score (nSPS) is 10.7. The van der Waals surface area contributed by atoms with E-state index in [0.717, 1.165) is 16.6 Å². The Balaban J connectivity index is 1.63. The number of hydrogen-bond donors (Lipinski definition) is 1. The lowest BCUT2D eigenvalue weighted by Gasteiger charge is -2.04. The van der Waals surface area contributed by atoms with Crippen LogP contribution in [0.25, 0.3) is 10.2 Å². The van der Waals surface area contributed by atoms with Gasteiger partial charge in [0, 0.05) is 17.0 Å². The number of nitrogens with one attached hydrogen (secondary N) is 1. The zero-order chi connectivity index (χ0) is 13.1. The van der Waals surface area contributed by atoms with Crippen LogP contribution in [0.3, 0.4) is 0 Å². The Morgan fingerprint density at radius 2 is 2.21 bits per heavy atom. The lowest BCUT2D eigenvalue weighted by molar-refractivity contribution is 0.0954. The van der Waals surface area contributed by atoms with Gasteiger partial charge >= 0.3 is 0 Å². The number of thiazole rings is 1. The quantitative estimate of drug-likeness (QED) is 0.800. The predicted molar refractivity (Wildman–Crippen MR) is 80.0 cm³/mol. The molecular weight excluding hydrogens is 276 g/mol. The predicted octanol–water partition coefficient (Wildman–Crippen LogP) is 3.33. The summed E-state index contributed by atoms with van der Waals surface area (Å²) in [7, 11) is 0. The van der Waals surface area contributed by atoms with E-state index < -0.39 is 0 Å². The van der Waals surface area contributed by atoms with Gasteiger partial charge in [-0.3, -0.25) is 4.79 Å². The molecule has 0 bridgehead atoms. The molecule has 0 aliphatic carbocycles. The second-order valence-electron chi connectivity index (χ2n) is 4.12. The molecule has 3 rings (SSSR count). The number of aromatic nitrogens is 1. The molecule has 1 aromatic carbocycles. The van der Waals surface area contributed by atoms with Crippen molar-refractivity contribution in [3.05, 3.63) is 51.7 Å². The van der Waals surface area contributed by atoms with Crippen molar-refractivity contribution < 1.29 is 4.79 Å². The van der Waals surface area contributed by atoms with Gasteiger partial charge in [0.05, 0.1) is 15.7 Å². The third-order valence-corrected chi connectivity index (χ3v) is 4.56. The number of benzene rings is 1. The summed E-state index contributed by atoms with van der Waals surface area (Å²) in [4.78, 5) is 17.5. The van der Waals surface area contributed by atoms with Crippen LogP contribution in [0.2, 0.25) is 0 Å². The Morgan fingerprint density at radius 1 is 1.26 bits per heavy atom. The van der Waals surface area contributed by atoms with E-state index in [2.05, 4.69) is 21.7 Å². The van der Waals surface area contributed by atoms with Crippen LogP contribution >= 0.6 is 22.7 Å². The third kappa shape index (κ3) is 2.83. The van der Waals surface area contributed by atoms with Gasteiger partial charge in [0.25, 0.3) is 5.91 Å². The molecule has 0 spiro atoms. The third-order valence-electron chi connectivity index (χ3n) is 2.83. The van der Waals surface area contributed by atoms with Crippen LogP contribution in [-0.2, 0) is 6.42 Å². The topological polar surface area (TPSA) is 42.0 Å². The Labute approximate surface area is 118 Å². The van der Waals surface area contributed by atoms with Crippen molar-refractivity contribution in [3.63, 3.8) is 0 Å². The van der Waals surface area contributed by atoms with E-state index in [-0.39, 0.29) is 5.91 Å². The number of carbonyl (C=O) groups is 1. The summed E-state index contributed by atoms with van der Waals surface area (Å²) >= 11 is 3.27. The van der Waals surface area contributed by atoms with Crippen LogP contribution in [0, 0.1) is 0 Å². The second-order valence-corrected chi connectivity index (χ2v) is 6.04. The molecule has 0 aliphatic heterocycles. The summed E-state index contributed by atoms with van der Waals surface area (Å²) in [6.45, 7) is 0.667. The summed E-state index contributed by atoms with van der Waals surface area (Å²) in [5.41, 5.74) is 3.44. The molecule has 0 atom stereocenters. The van der Waals surface area contributed by atoms with Crippen LogP contribution in [0.1, 0.15) is 15.2 Å². The smallest absolute Gasteiger partial charge is 0.251 e. The van der Waals surface area contributed by atoms with E-state index in [0.29, 0.717) is 12.1 Å². The fourth-order valence-corrected chi connectivity index (χ4v) is 3.28. The Morgan fingerprint density at radius 3 is 3.05 bits per heavy atom. The van der Waals surface area contributed by atoms with E-state index >= 15 is 0 Å². The molecule has 0 saturated heterocycles. The molecule has 0 unspecified atom stereocenters. The molecule has 2 heterocycles. The first-order chi connectivity index (χ1) is 9.33. The van der Waals surface area contributed by atoms with Crippen molar-refractivity contribution in [3.8, 4) is 0 Å². The fourth-order valence-electron chi connectivity index (χ4n) is 1.85. The molecular formula is C14H12N2OS2. The van der Waals surface area contributed by atoms with Gasteiger partial charge in [0.2, 0.25) is 0 Å². The van der Waals surface area contributed by atoms with Crippen LogP contribution in [0.4, 0.5) is 0 Å². The molecule has 0 radical (unpaired) electrons. The summed E-state index contributed by atoms with van der Waals surface area (Å²) in [6.07, 6.45) is 0.881. The fraction of sp³-hybridized carbons (Fsp3) is 0.143. The van der Waals surface area contributed by atoms with Gasteiger partial charge in [0.1, 0.15) is 0 Å². The van der Waals surface area contributed by atoms with E-state index in [1.54, 1.807) is 28.2 Å². The minimum atomic E-state index is -0.0214. The molecule has 19 heavy (non-hydrogen) atoms. The lowest BCUT2D eigenvalue weighted by atomic mass is 10.2. The number of thiophene rings is 1. The van der Waals surface area contributed by atoms with Crippen molar-refractivity contribution in [2.24, 2.45) is 0 Å². The van der Waals surface area contributed by atoms with E-state index in [9.17, 15) is 4.79 Å². The second kappa shape index (κ2) is 5.50. The largest absolute Gasteiger partial charge is 0.352 e. The highest BCUT2D eigenvalue weighted by molar-refractivity contribution is 7.16. The van der Waals surface area contributed by atoms with E-state index in [1.165, 1.54) is 4.88 Å². The minimum absolute atomic E-state index is 0.0214. The van der Waals surface area contributed by atoms with Crippen molar-refractivity contribution in [2.75, 3.05) is 6.54 Å². The molecule has 2 aromatic heterocycles. The molecule has 96 valence electrons. The maximum Gasteiger partial charge on any atom is 0.251 e. The summed E-state index contributed by atoms with van der Waals surface area (Å²) < 4.78 is 1.05. The van der Waals surface area contributed by atoms with Gasteiger partial charge in [0.15, 0.2) is 0 Å². The van der Waals surface area contributed by atoms with Crippen LogP contribution in [0.5, 0.6) is 0 Å². The van der Waals surface area contributed by atoms with Crippen molar-refractivity contribution in [1.82, 2.24) is 10.3 Å². The van der Waals surface area contributed by atoms with Gasteiger partial charge in [-0.1, -0.05) is 6.07 Å². The minimum Gasteiger partial charge on any atom is -0.352 e. The molecule has 3 nitrogen and oxygen atoms in total. The average Bonchev–Trinajstić information content (AvgIpc) is 3.08. The molecule has 5 heteroatoms. The number of hydrogen-bond acceptors (Lipinski definition) is 4. The molecule has 0 fully saturated rings. The van der Waals surface area contributed by atoms with Crippen LogP contribution < -0.4 is 5.32 Å². The number of nitrogens with zero attached hydrogens (tertiary/aromatic N) is 1. The molecule has 1 N–H and O–H groups in total. The van der Waals surface area contributed by atoms with Crippen molar-refractivity contribution in [1.29, 1.82) is 0 Å². The van der Waals surface area contributed by atoms with Gasteiger partial charge in [-0.15, -0.1) is 22.7 Å². The molecule has 0 saturated carbocycles. The molecule has 1 amide bonds. The highest BCUT2D eigenvalue weighted by Gasteiger charge is 2.07. The highest BCUT2D eigenvalue weighted by Crippen LogP contribution is 2.19. The van der Waals surface area contributed by atoms with Crippen LogP contribution in [-0.4, -0.2) is 17.4 Å². The summed E-state index contributed by atoms with van der Waals surface area (Å²) in [5, 5.41) is 5.00. The van der Waals surface area contributed by atoms with Crippen LogP contribution in [0.15, 0.2) is 41.2 Å². The van der Waals surface area contributed by atoms with E-state index in [1.807, 2.05) is 24.3 Å². The average molecular weight is 288 g/mol. The van der Waals surface area contributed by atoms with Gasteiger partial charge in [-0.2, -0.15) is 0 Å². The monoisotopic (exact) mass is 288 g/mol. The molecule has 3 aromatic rings. The number of rotatable bonds is 4. The SMILES string of the molecule is O=C(NCCc1cccs1)c1ccc2ncsc2c1. The highest BCUT2D eigenvalue weighted by atomic mass is 32.1. The Kier molecular flexibility index (Phi) is 3.57. The summed E-state index contributed by atoms with van der Waals surface area (Å²) in [5.74, 6) is -0.0214. The lowest BCUT2D eigenvalue weighted by Crippen LogP contribution is -2.25.